The molecule has 1 saturated carbocycles. The Morgan fingerprint density at radius 2 is 1.78 bits per heavy atom. The van der Waals surface area contributed by atoms with Gasteiger partial charge in [0, 0.05) is 5.69 Å². The summed E-state index contributed by atoms with van der Waals surface area (Å²) in [7, 11) is -3.77. The molecule has 1 aromatic rings. The number of ether oxygens (including phenoxy) is 1. The first-order valence-electron chi connectivity index (χ1n) is 7.41. The third-order valence-corrected chi connectivity index (χ3v) is 4.73. The summed E-state index contributed by atoms with van der Waals surface area (Å²) in [5.74, 6) is -0.922. The lowest BCUT2D eigenvalue weighted by Crippen LogP contribution is -2.31. The van der Waals surface area contributed by atoms with Crippen LogP contribution >= 0.6 is 0 Å². The van der Waals surface area contributed by atoms with E-state index in [1.165, 1.54) is 31.2 Å². The lowest BCUT2D eigenvalue weighted by molar-refractivity contribution is -0.157. The zero-order valence-corrected chi connectivity index (χ0v) is 13.6. The average molecular weight is 340 g/mol. The first-order chi connectivity index (χ1) is 10.8. The maximum atomic E-state index is 12.0. The Labute approximate surface area is 135 Å². The number of carbonyl (C=O) groups is 2. The molecule has 0 spiro atoms. The van der Waals surface area contributed by atoms with Crippen molar-refractivity contribution in [1.82, 2.24) is 0 Å². The fourth-order valence-corrected chi connectivity index (χ4v) is 2.97. The highest BCUT2D eigenvalue weighted by molar-refractivity contribution is 7.89. The van der Waals surface area contributed by atoms with Crippen LogP contribution in [0.4, 0.5) is 5.69 Å². The number of esters is 1. The van der Waals surface area contributed by atoms with Crippen LogP contribution in [0.3, 0.4) is 0 Å². The topological polar surface area (TPSA) is 116 Å². The van der Waals surface area contributed by atoms with E-state index in [-0.39, 0.29) is 16.8 Å². The quantitative estimate of drug-likeness (QED) is 0.786. The molecule has 0 aromatic heterocycles. The third-order valence-electron chi connectivity index (χ3n) is 3.80. The van der Waals surface area contributed by atoms with Crippen LogP contribution < -0.4 is 10.5 Å². The van der Waals surface area contributed by atoms with E-state index >= 15 is 0 Å². The van der Waals surface area contributed by atoms with Gasteiger partial charge in [0.2, 0.25) is 10.0 Å². The molecule has 3 N–H and O–H groups in total. The Morgan fingerprint density at radius 1 is 1.22 bits per heavy atom. The molecule has 0 saturated heterocycles. The molecule has 8 heteroatoms. The van der Waals surface area contributed by atoms with Gasteiger partial charge in [-0.2, -0.15) is 0 Å². The van der Waals surface area contributed by atoms with Gasteiger partial charge in [-0.3, -0.25) is 9.59 Å². The largest absolute Gasteiger partial charge is 0.452 e. The highest BCUT2D eigenvalue weighted by Gasteiger charge is 2.27. The predicted molar refractivity (Wildman–Crippen MR) is 84.0 cm³/mol. The molecule has 0 heterocycles. The predicted octanol–water partition coefficient (Wildman–Crippen LogP) is 1.39. The highest BCUT2D eigenvalue weighted by atomic mass is 32.2. The van der Waals surface area contributed by atoms with Gasteiger partial charge in [-0.05, 0) is 44.0 Å². The van der Waals surface area contributed by atoms with Crippen LogP contribution in [-0.4, -0.2) is 26.4 Å². The van der Waals surface area contributed by atoms with Crippen molar-refractivity contribution < 1.29 is 22.7 Å². The lowest BCUT2D eigenvalue weighted by atomic mass is 10.1. The first kappa shape index (κ1) is 17.4. The highest BCUT2D eigenvalue weighted by Crippen LogP contribution is 2.26. The molecule has 1 fully saturated rings. The summed E-state index contributed by atoms with van der Waals surface area (Å²) < 4.78 is 27.5. The number of rotatable bonds is 5. The molecule has 1 aliphatic carbocycles. The lowest BCUT2D eigenvalue weighted by Gasteiger charge is -2.16. The zero-order chi connectivity index (χ0) is 17.0. The second-order valence-electron chi connectivity index (χ2n) is 5.62. The number of hydrogen-bond acceptors (Lipinski definition) is 5. The molecule has 0 radical (unpaired) electrons. The van der Waals surface area contributed by atoms with Crippen LogP contribution in [0.25, 0.3) is 0 Å². The van der Waals surface area contributed by atoms with Gasteiger partial charge in [0.25, 0.3) is 5.91 Å². The normalized spacial score (nSPS) is 16.8. The van der Waals surface area contributed by atoms with Gasteiger partial charge >= 0.3 is 5.97 Å². The number of anilines is 1. The molecule has 0 bridgehead atoms. The van der Waals surface area contributed by atoms with E-state index in [9.17, 15) is 18.0 Å². The van der Waals surface area contributed by atoms with E-state index in [0.717, 1.165) is 25.7 Å². The van der Waals surface area contributed by atoms with Crippen LogP contribution in [0.5, 0.6) is 0 Å². The van der Waals surface area contributed by atoms with Crippen molar-refractivity contribution in [2.75, 3.05) is 5.32 Å². The van der Waals surface area contributed by atoms with Crippen molar-refractivity contribution in [3.05, 3.63) is 24.3 Å². The monoisotopic (exact) mass is 340 g/mol. The molecular weight excluding hydrogens is 320 g/mol. The molecule has 23 heavy (non-hydrogen) atoms. The Morgan fingerprint density at radius 3 is 2.30 bits per heavy atom. The van der Waals surface area contributed by atoms with Gasteiger partial charge in [0.1, 0.15) is 0 Å². The van der Waals surface area contributed by atoms with Gasteiger partial charge < -0.3 is 10.1 Å². The Kier molecular flexibility index (Phi) is 5.38. The minimum absolute atomic E-state index is 0.0452. The molecule has 7 nitrogen and oxygen atoms in total. The van der Waals surface area contributed by atoms with Crippen LogP contribution in [0.2, 0.25) is 0 Å². The summed E-state index contributed by atoms with van der Waals surface area (Å²) in [5, 5.41) is 7.56. The standard InChI is InChI=1S/C15H20N2O5S/c1-10(22-15(19)11-4-2-3-5-11)14(18)17-12-6-8-13(9-7-12)23(16,20)21/h6-11H,2-5H2,1H3,(H,17,18)(H2,16,20,21)/t10-/m0/s1. The number of benzene rings is 1. The molecule has 1 amide bonds. The molecule has 0 aliphatic heterocycles. The first-order valence-corrected chi connectivity index (χ1v) is 8.96. The fraction of sp³-hybridized carbons (Fsp3) is 0.467. The van der Waals surface area contributed by atoms with Crippen molar-refractivity contribution in [1.29, 1.82) is 0 Å². The molecular formula is C15H20N2O5S. The Hall–Kier alpha value is -1.93. The van der Waals surface area contributed by atoms with Gasteiger partial charge in [0.05, 0.1) is 10.8 Å². The fourth-order valence-electron chi connectivity index (χ4n) is 2.46. The number of primary sulfonamides is 1. The number of nitrogens with two attached hydrogens (primary N) is 1. The van der Waals surface area contributed by atoms with E-state index in [1.807, 2.05) is 0 Å². The van der Waals surface area contributed by atoms with E-state index in [0.29, 0.717) is 5.69 Å². The van der Waals surface area contributed by atoms with Crippen molar-refractivity contribution in [2.24, 2.45) is 11.1 Å². The summed E-state index contributed by atoms with van der Waals surface area (Å²) in [6.07, 6.45) is 2.72. The van der Waals surface area contributed by atoms with Crippen molar-refractivity contribution in [2.45, 2.75) is 43.6 Å². The maximum absolute atomic E-state index is 12.0. The van der Waals surface area contributed by atoms with Crippen LogP contribution in [0.1, 0.15) is 32.6 Å². The number of hydrogen-bond donors (Lipinski definition) is 2. The summed E-state index contributed by atoms with van der Waals surface area (Å²) >= 11 is 0. The van der Waals surface area contributed by atoms with E-state index in [4.69, 9.17) is 9.88 Å². The van der Waals surface area contributed by atoms with Crippen LogP contribution in [-0.2, 0) is 24.3 Å². The van der Waals surface area contributed by atoms with Gasteiger partial charge in [-0.1, -0.05) is 12.8 Å². The molecule has 1 atom stereocenters. The van der Waals surface area contributed by atoms with Crippen molar-refractivity contribution in [3.63, 3.8) is 0 Å². The number of carbonyl (C=O) groups excluding carboxylic acids is 2. The Bertz CT molecular complexity index is 678. The Balaban J connectivity index is 1.91. The summed E-state index contributed by atoms with van der Waals surface area (Å²) in [6.45, 7) is 1.50. The van der Waals surface area contributed by atoms with E-state index in [1.54, 1.807) is 0 Å². The van der Waals surface area contributed by atoms with Gasteiger partial charge in [-0.15, -0.1) is 0 Å². The minimum atomic E-state index is -3.77. The smallest absolute Gasteiger partial charge is 0.309 e. The second kappa shape index (κ2) is 7.10. The SMILES string of the molecule is C[C@H](OC(=O)C1CCCC1)C(=O)Nc1ccc(S(N)(=O)=O)cc1. The van der Waals surface area contributed by atoms with E-state index < -0.39 is 22.0 Å². The molecule has 1 aliphatic rings. The van der Waals surface area contributed by atoms with Crippen molar-refractivity contribution in [3.8, 4) is 0 Å². The van der Waals surface area contributed by atoms with Crippen LogP contribution in [0, 0.1) is 5.92 Å². The average Bonchev–Trinajstić information content (AvgIpc) is 3.01. The molecule has 0 unspecified atom stereocenters. The summed E-state index contributed by atoms with van der Waals surface area (Å²) in [6, 6.07) is 5.42. The second-order valence-corrected chi connectivity index (χ2v) is 7.18. The maximum Gasteiger partial charge on any atom is 0.309 e. The molecule has 126 valence electrons. The van der Waals surface area contributed by atoms with Gasteiger partial charge in [0.15, 0.2) is 6.10 Å². The summed E-state index contributed by atoms with van der Waals surface area (Å²) in [5.41, 5.74) is 0.395. The summed E-state index contributed by atoms with van der Waals surface area (Å²) in [4.78, 5) is 23.9. The van der Waals surface area contributed by atoms with Crippen molar-refractivity contribution >= 4 is 27.6 Å². The van der Waals surface area contributed by atoms with E-state index in [2.05, 4.69) is 5.32 Å². The van der Waals surface area contributed by atoms with Crippen LogP contribution in [0.15, 0.2) is 29.2 Å². The third kappa shape index (κ3) is 4.77. The molecule has 1 aromatic carbocycles. The minimum Gasteiger partial charge on any atom is -0.452 e. The number of nitrogens with one attached hydrogen (secondary N) is 1. The van der Waals surface area contributed by atoms with Gasteiger partial charge in [-0.25, -0.2) is 13.6 Å². The number of amides is 1. The molecule has 2 rings (SSSR count). The number of sulfonamides is 1. The zero-order valence-electron chi connectivity index (χ0n) is 12.8.